The molecule has 0 spiro atoms. The summed E-state index contributed by atoms with van der Waals surface area (Å²) in [6.45, 7) is 0. The normalized spacial score (nSPS) is 17.1. The Morgan fingerprint density at radius 1 is 1.00 bits per heavy atom. The van der Waals surface area contributed by atoms with Crippen LogP contribution in [-0.4, -0.2) is 9.97 Å². The Morgan fingerprint density at radius 2 is 1.81 bits per heavy atom. The lowest BCUT2D eigenvalue weighted by Crippen LogP contribution is -2.12. The molecule has 0 aromatic carbocycles. The maximum absolute atomic E-state index is 5.85. The summed E-state index contributed by atoms with van der Waals surface area (Å²) in [5.41, 5.74) is 2.24. The molecular formula is C13H11ClN2. The Hall–Kier alpha value is -1.41. The van der Waals surface area contributed by atoms with E-state index in [-0.39, 0.29) is 5.41 Å². The highest BCUT2D eigenvalue weighted by Crippen LogP contribution is 2.51. The molecule has 0 bridgehead atoms. The van der Waals surface area contributed by atoms with Gasteiger partial charge in [-0.1, -0.05) is 17.7 Å². The monoisotopic (exact) mass is 230 g/mol. The van der Waals surface area contributed by atoms with E-state index in [2.05, 4.69) is 16.0 Å². The molecule has 1 aliphatic rings. The van der Waals surface area contributed by atoms with E-state index < -0.39 is 0 Å². The Kier molecular flexibility index (Phi) is 2.18. The third kappa shape index (κ3) is 1.50. The van der Waals surface area contributed by atoms with Gasteiger partial charge >= 0.3 is 0 Å². The number of rotatable bonds is 2. The third-order valence-electron chi connectivity index (χ3n) is 3.12. The van der Waals surface area contributed by atoms with Crippen molar-refractivity contribution in [1.29, 1.82) is 0 Å². The van der Waals surface area contributed by atoms with Gasteiger partial charge in [0.1, 0.15) is 0 Å². The highest BCUT2D eigenvalue weighted by atomic mass is 35.5. The van der Waals surface area contributed by atoms with Gasteiger partial charge in [-0.05, 0) is 37.1 Å². The average Bonchev–Trinajstić information content (AvgIpc) is 3.13. The topological polar surface area (TPSA) is 25.8 Å². The quantitative estimate of drug-likeness (QED) is 0.792. The molecule has 0 N–H and O–H groups in total. The number of nitrogens with zero attached hydrogens (tertiary/aromatic N) is 2. The minimum absolute atomic E-state index is 0.0475. The second kappa shape index (κ2) is 3.56. The van der Waals surface area contributed by atoms with Gasteiger partial charge in [-0.25, -0.2) is 0 Å². The van der Waals surface area contributed by atoms with Gasteiger partial charge in [0.05, 0.1) is 21.8 Å². The predicted molar refractivity (Wildman–Crippen MR) is 63.5 cm³/mol. The lowest BCUT2D eigenvalue weighted by atomic mass is 9.97. The second-order valence-electron chi connectivity index (χ2n) is 4.16. The average molecular weight is 231 g/mol. The lowest BCUT2D eigenvalue weighted by molar-refractivity contribution is 0.767. The zero-order valence-electron chi connectivity index (χ0n) is 8.73. The van der Waals surface area contributed by atoms with Crippen molar-refractivity contribution >= 4 is 11.6 Å². The highest BCUT2D eigenvalue weighted by Gasteiger charge is 2.48. The van der Waals surface area contributed by atoms with E-state index in [0.29, 0.717) is 5.02 Å². The Balaban J connectivity index is 2.03. The molecule has 0 unspecified atom stereocenters. The number of pyridine rings is 2. The SMILES string of the molecule is Clc1ccc(C2(c3ccccn3)CC2)nc1. The molecule has 2 nitrogen and oxygen atoms in total. The summed E-state index contributed by atoms with van der Waals surface area (Å²) in [5.74, 6) is 0. The molecule has 0 amide bonds. The Labute approximate surface area is 99.3 Å². The molecule has 2 aromatic heterocycles. The fraction of sp³-hybridized carbons (Fsp3) is 0.231. The van der Waals surface area contributed by atoms with E-state index in [0.717, 1.165) is 24.2 Å². The van der Waals surface area contributed by atoms with E-state index in [9.17, 15) is 0 Å². The summed E-state index contributed by atoms with van der Waals surface area (Å²) < 4.78 is 0. The molecule has 1 aliphatic carbocycles. The summed E-state index contributed by atoms with van der Waals surface area (Å²) in [6.07, 6.45) is 5.79. The first-order valence-corrected chi connectivity index (χ1v) is 5.73. The summed E-state index contributed by atoms with van der Waals surface area (Å²) in [4.78, 5) is 8.86. The van der Waals surface area contributed by atoms with Crippen molar-refractivity contribution in [2.24, 2.45) is 0 Å². The van der Waals surface area contributed by atoms with E-state index in [1.54, 1.807) is 6.20 Å². The predicted octanol–water partition coefficient (Wildman–Crippen LogP) is 3.21. The van der Waals surface area contributed by atoms with Crippen molar-refractivity contribution in [2.75, 3.05) is 0 Å². The number of halogens is 1. The molecule has 0 radical (unpaired) electrons. The Bertz CT molecular complexity index is 489. The molecule has 3 heteroatoms. The zero-order chi connectivity index (χ0) is 11.0. The standard InChI is InChI=1S/C13H11ClN2/c14-10-4-5-12(16-9-10)13(6-7-13)11-3-1-2-8-15-11/h1-5,8-9H,6-7H2. The van der Waals surface area contributed by atoms with E-state index in [1.807, 2.05) is 30.5 Å². The van der Waals surface area contributed by atoms with E-state index in [4.69, 9.17) is 11.6 Å². The van der Waals surface area contributed by atoms with Gasteiger partial charge in [-0.2, -0.15) is 0 Å². The second-order valence-corrected chi connectivity index (χ2v) is 4.60. The first kappa shape index (κ1) is 9.79. The maximum Gasteiger partial charge on any atom is 0.0589 e. The van der Waals surface area contributed by atoms with Gasteiger partial charge < -0.3 is 0 Å². The molecule has 16 heavy (non-hydrogen) atoms. The van der Waals surface area contributed by atoms with Crippen molar-refractivity contribution in [3.63, 3.8) is 0 Å². The van der Waals surface area contributed by atoms with Crippen LogP contribution in [0.3, 0.4) is 0 Å². The number of aromatic nitrogens is 2. The summed E-state index contributed by atoms with van der Waals surface area (Å²) in [6, 6.07) is 9.94. The van der Waals surface area contributed by atoms with Gasteiger partial charge in [-0.3, -0.25) is 9.97 Å². The summed E-state index contributed by atoms with van der Waals surface area (Å²) >= 11 is 5.85. The smallest absolute Gasteiger partial charge is 0.0589 e. The zero-order valence-corrected chi connectivity index (χ0v) is 9.48. The molecule has 3 rings (SSSR count). The van der Waals surface area contributed by atoms with Gasteiger partial charge in [0, 0.05) is 12.4 Å². The van der Waals surface area contributed by atoms with E-state index in [1.165, 1.54) is 0 Å². The molecule has 80 valence electrons. The van der Waals surface area contributed by atoms with Gasteiger partial charge in [0.25, 0.3) is 0 Å². The summed E-state index contributed by atoms with van der Waals surface area (Å²) in [5, 5.41) is 0.681. The van der Waals surface area contributed by atoms with Crippen molar-refractivity contribution in [2.45, 2.75) is 18.3 Å². The molecule has 1 fully saturated rings. The van der Waals surface area contributed by atoms with Gasteiger partial charge in [0.15, 0.2) is 0 Å². The molecule has 0 atom stereocenters. The molecule has 2 heterocycles. The van der Waals surface area contributed by atoms with Crippen LogP contribution in [0, 0.1) is 0 Å². The first-order valence-electron chi connectivity index (χ1n) is 5.35. The molecule has 1 saturated carbocycles. The van der Waals surface area contributed by atoms with Crippen molar-refractivity contribution in [1.82, 2.24) is 9.97 Å². The molecule has 0 saturated heterocycles. The van der Waals surface area contributed by atoms with Crippen LogP contribution >= 0.6 is 11.6 Å². The van der Waals surface area contributed by atoms with Crippen LogP contribution in [0.25, 0.3) is 0 Å². The van der Waals surface area contributed by atoms with E-state index >= 15 is 0 Å². The first-order chi connectivity index (χ1) is 7.81. The summed E-state index contributed by atoms with van der Waals surface area (Å²) in [7, 11) is 0. The van der Waals surface area contributed by atoms with Crippen molar-refractivity contribution in [3.8, 4) is 0 Å². The molecule has 0 aliphatic heterocycles. The minimum Gasteiger partial charge on any atom is -0.260 e. The maximum atomic E-state index is 5.85. The largest absolute Gasteiger partial charge is 0.260 e. The number of hydrogen-bond acceptors (Lipinski definition) is 2. The van der Waals surface area contributed by atoms with Crippen LogP contribution in [-0.2, 0) is 5.41 Å². The highest BCUT2D eigenvalue weighted by molar-refractivity contribution is 6.30. The van der Waals surface area contributed by atoms with Crippen molar-refractivity contribution in [3.05, 3.63) is 59.1 Å². The molecule has 2 aromatic rings. The van der Waals surface area contributed by atoms with Crippen LogP contribution < -0.4 is 0 Å². The van der Waals surface area contributed by atoms with Crippen LogP contribution in [0.15, 0.2) is 42.7 Å². The van der Waals surface area contributed by atoms with Crippen LogP contribution in [0.4, 0.5) is 0 Å². The minimum atomic E-state index is 0.0475. The molecular weight excluding hydrogens is 220 g/mol. The lowest BCUT2D eigenvalue weighted by Gasteiger charge is -2.13. The fourth-order valence-electron chi connectivity index (χ4n) is 2.07. The van der Waals surface area contributed by atoms with Crippen molar-refractivity contribution < 1.29 is 0 Å². The van der Waals surface area contributed by atoms with Crippen LogP contribution in [0.1, 0.15) is 24.2 Å². The third-order valence-corrected chi connectivity index (χ3v) is 3.35. The van der Waals surface area contributed by atoms with Crippen LogP contribution in [0.2, 0.25) is 5.02 Å². The van der Waals surface area contributed by atoms with Crippen LogP contribution in [0.5, 0.6) is 0 Å². The fourth-order valence-corrected chi connectivity index (χ4v) is 2.19. The Morgan fingerprint density at radius 3 is 2.38 bits per heavy atom. The van der Waals surface area contributed by atoms with Gasteiger partial charge in [0.2, 0.25) is 0 Å². The number of hydrogen-bond donors (Lipinski definition) is 0. The van der Waals surface area contributed by atoms with Gasteiger partial charge in [-0.15, -0.1) is 0 Å².